The summed E-state index contributed by atoms with van der Waals surface area (Å²) < 4.78 is 15.5. The molecule has 0 unspecified atom stereocenters. The first-order valence-corrected chi connectivity index (χ1v) is 9.13. The molecule has 2 aromatic heterocycles. The number of aromatic nitrogens is 4. The van der Waals surface area contributed by atoms with E-state index in [9.17, 15) is 9.18 Å². The molecule has 2 N–H and O–H groups in total. The number of nitrogens with zero attached hydrogens (tertiary/aromatic N) is 5. The van der Waals surface area contributed by atoms with Gasteiger partial charge in [0.05, 0.1) is 11.4 Å². The topological polar surface area (TPSA) is 89.9 Å². The van der Waals surface area contributed by atoms with Gasteiger partial charge in [0.1, 0.15) is 11.6 Å². The summed E-state index contributed by atoms with van der Waals surface area (Å²) in [6.45, 7) is 3.14. The number of thioether (sulfide) groups is 1. The molecule has 3 rings (SSSR count). The Morgan fingerprint density at radius 2 is 2.16 bits per heavy atom. The number of nitrogen functional groups attached to an aromatic ring is 1. The van der Waals surface area contributed by atoms with E-state index >= 15 is 0 Å². The van der Waals surface area contributed by atoms with Gasteiger partial charge in [0.25, 0.3) is 0 Å². The molecule has 0 saturated carbocycles. The van der Waals surface area contributed by atoms with Crippen LogP contribution in [0.4, 0.5) is 15.2 Å². The van der Waals surface area contributed by atoms with E-state index in [4.69, 9.17) is 5.84 Å². The predicted molar refractivity (Wildman–Crippen MR) is 95.8 cm³/mol. The van der Waals surface area contributed by atoms with E-state index < -0.39 is 5.82 Å². The SMILES string of the molecule is CC(=O)N(c1nc(CSc2nnc(C)n2N)cs1)c1ccccc1F. The Labute approximate surface area is 151 Å². The molecule has 0 spiro atoms. The molecule has 0 aliphatic heterocycles. The molecule has 3 aromatic rings. The van der Waals surface area contributed by atoms with Crippen LogP contribution in [-0.4, -0.2) is 25.8 Å². The van der Waals surface area contributed by atoms with Crippen molar-refractivity contribution < 1.29 is 9.18 Å². The quantitative estimate of drug-likeness (QED) is 0.542. The zero-order chi connectivity index (χ0) is 18.0. The highest BCUT2D eigenvalue weighted by Gasteiger charge is 2.21. The molecule has 10 heteroatoms. The number of aryl methyl sites for hydroxylation is 1. The number of rotatable bonds is 5. The first kappa shape index (κ1) is 17.4. The lowest BCUT2D eigenvalue weighted by Gasteiger charge is -2.18. The number of para-hydroxylation sites is 1. The number of thiazole rings is 1. The molecule has 0 radical (unpaired) electrons. The second kappa shape index (κ2) is 7.19. The summed E-state index contributed by atoms with van der Waals surface area (Å²) in [5, 5.41) is 10.7. The summed E-state index contributed by atoms with van der Waals surface area (Å²) in [6, 6.07) is 6.11. The second-order valence-electron chi connectivity index (χ2n) is 5.12. The van der Waals surface area contributed by atoms with Crippen molar-refractivity contribution in [2.24, 2.45) is 0 Å². The summed E-state index contributed by atoms with van der Waals surface area (Å²) in [4.78, 5) is 17.7. The van der Waals surface area contributed by atoms with Crippen molar-refractivity contribution in [3.63, 3.8) is 0 Å². The van der Waals surface area contributed by atoms with Crippen LogP contribution in [0.3, 0.4) is 0 Å². The molecular weight excluding hydrogens is 363 g/mol. The predicted octanol–water partition coefficient (Wildman–Crippen LogP) is 2.87. The van der Waals surface area contributed by atoms with Gasteiger partial charge in [-0.3, -0.25) is 9.69 Å². The number of halogens is 1. The van der Waals surface area contributed by atoms with Crippen molar-refractivity contribution in [1.82, 2.24) is 19.9 Å². The molecule has 0 saturated heterocycles. The molecule has 130 valence electrons. The average molecular weight is 378 g/mol. The minimum Gasteiger partial charge on any atom is -0.336 e. The number of carbonyl (C=O) groups excluding carboxylic acids is 1. The van der Waals surface area contributed by atoms with E-state index in [0.29, 0.717) is 21.9 Å². The third-order valence-corrected chi connectivity index (χ3v) is 5.17. The molecule has 1 amide bonds. The van der Waals surface area contributed by atoms with Crippen molar-refractivity contribution in [1.29, 1.82) is 0 Å². The molecule has 7 nitrogen and oxygen atoms in total. The van der Waals surface area contributed by atoms with Gasteiger partial charge in [-0.1, -0.05) is 23.9 Å². The van der Waals surface area contributed by atoms with E-state index in [-0.39, 0.29) is 11.6 Å². The average Bonchev–Trinajstić information content (AvgIpc) is 3.16. The number of anilines is 2. The first-order chi connectivity index (χ1) is 12.0. The van der Waals surface area contributed by atoms with Gasteiger partial charge < -0.3 is 5.84 Å². The Balaban J connectivity index is 1.80. The molecule has 0 aliphatic rings. The van der Waals surface area contributed by atoms with Crippen LogP contribution >= 0.6 is 23.1 Å². The largest absolute Gasteiger partial charge is 0.336 e. The minimum absolute atomic E-state index is 0.181. The van der Waals surface area contributed by atoms with Crippen LogP contribution in [0.2, 0.25) is 0 Å². The van der Waals surface area contributed by atoms with Crippen molar-refractivity contribution in [3.05, 3.63) is 47.0 Å². The Kier molecular flexibility index (Phi) is 5.00. The fourth-order valence-corrected chi connectivity index (χ4v) is 3.87. The lowest BCUT2D eigenvalue weighted by atomic mass is 10.3. The van der Waals surface area contributed by atoms with Crippen LogP contribution < -0.4 is 10.7 Å². The Bertz CT molecular complexity index is 909. The van der Waals surface area contributed by atoms with E-state index in [1.807, 2.05) is 5.38 Å². The third-order valence-electron chi connectivity index (χ3n) is 3.32. The van der Waals surface area contributed by atoms with Gasteiger partial charge in [-0.2, -0.15) is 0 Å². The zero-order valence-electron chi connectivity index (χ0n) is 13.5. The molecular formula is C15H15FN6OS2. The summed E-state index contributed by atoms with van der Waals surface area (Å²) >= 11 is 2.66. The summed E-state index contributed by atoms with van der Waals surface area (Å²) in [5.41, 5.74) is 0.925. The van der Waals surface area contributed by atoms with E-state index in [2.05, 4.69) is 15.2 Å². The van der Waals surface area contributed by atoms with E-state index in [0.717, 1.165) is 5.69 Å². The fourth-order valence-electron chi connectivity index (χ4n) is 2.09. The second-order valence-corrected chi connectivity index (χ2v) is 6.89. The van der Waals surface area contributed by atoms with E-state index in [1.54, 1.807) is 25.1 Å². The van der Waals surface area contributed by atoms with Gasteiger partial charge in [-0.15, -0.1) is 21.5 Å². The summed E-state index contributed by atoms with van der Waals surface area (Å²) in [5.74, 6) is 6.15. The van der Waals surface area contributed by atoms with Gasteiger partial charge >= 0.3 is 0 Å². The molecule has 2 heterocycles. The van der Waals surface area contributed by atoms with Gasteiger partial charge in [0.2, 0.25) is 11.1 Å². The van der Waals surface area contributed by atoms with Crippen LogP contribution in [0.15, 0.2) is 34.8 Å². The highest BCUT2D eigenvalue weighted by atomic mass is 32.2. The number of hydrogen-bond donors (Lipinski definition) is 1. The first-order valence-electron chi connectivity index (χ1n) is 7.27. The van der Waals surface area contributed by atoms with Gasteiger partial charge in [-0.25, -0.2) is 14.1 Å². The number of benzene rings is 1. The molecule has 0 bridgehead atoms. The van der Waals surface area contributed by atoms with Crippen LogP contribution in [0, 0.1) is 12.7 Å². The maximum absolute atomic E-state index is 14.1. The normalized spacial score (nSPS) is 10.8. The maximum Gasteiger partial charge on any atom is 0.230 e. The van der Waals surface area contributed by atoms with Crippen molar-refractivity contribution in [3.8, 4) is 0 Å². The number of carbonyl (C=O) groups is 1. The molecule has 0 aliphatic carbocycles. The monoisotopic (exact) mass is 378 g/mol. The van der Waals surface area contributed by atoms with Crippen LogP contribution in [0.1, 0.15) is 18.4 Å². The van der Waals surface area contributed by atoms with Crippen LogP contribution in [0.5, 0.6) is 0 Å². The molecule has 25 heavy (non-hydrogen) atoms. The van der Waals surface area contributed by atoms with Gasteiger partial charge in [0.15, 0.2) is 5.13 Å². The summed E-state index contributed by atoms with van der Waals surface area (Å²) in [6.07, 6.45) is 0. The lowest BCUT2D eigenvalue weighted by Crippen LogP contribution is -2.23. The maximum atomic E-state index is 14.1. The standard InChI is InChI=1S/C15H15FN6OS2/c1-9-19-20-15(22(9)17)25-8-11-7-24-14(18-11)21(10(2)23)13-6-4-3-5-12(13)16/h3-7H,8,17H2,1-2H3. The zero-order valence-corrected chi connectivity index (χ0v) is 15.1. The van der Waals surface area contributed by atoms with Crippen molar-refractivity contribution >= 4 is 39.8 Å². The third kappa shape index (κ3) is 3.64. The van der Waals surface area contributed by atoms with Crippen LogP contribution in [0.25, 0.3) is 0 Å². The molecule has 0 atom stereocenters. The minimum atomic E-state index is -0.476. The van der Waals surface area contributed by atoms with Gasteiger partial charge in [-0.05, 0) is 19.1 Å². The lowest BCUT2D eigenvalue weighted by molar-refractivity contribution is -0.115. The number of nitrogens with two attached hydrogens (primary N) is 1. The smallest absolute Gasteiger partial charge is 0.230 e. The summed E-state index contributed by atoms with van der Waals surface area (Å²) in [7, 11) is 0. The van der Waals surface area contributed by atoms with Gasteiger partial charge in [0, 0.05) is 18.1 Å². The van der Waals surface area contributed by atoms with Crippen molar-refractivity contribution in [2.45, 2.75) is 24.8 Å². The highest BCUT2D eigenvalue weighted by Crippen LogP contribution is 2.32. The Hall–Kier alpha value is -2.46. The fraction of sp³-hybridized carbons (Fsp3) is 0.200. The Morgan fingerprint density at radius 3 is 2.80 bits per heavy atom. The Morgan fingerprint density at radius 1 is 1.40 bits per heavy atom. The molecule has 0 fully saturated rings. The molecule has 1 aromatic carbocycles. The van der Waals surface area contributed by atoms with Crippen molar-refractivity contribution in [2.75, 3.05) is 10.7 Å². The van der Waals surface area contributed by atoms with Crippen LogP contribution in [-0.2, 0) is 10.5 Å². The van der Waals surface area contributed by atoms with E-state index in [1.165, 1.54) is 45.7 Å². The highest BCUT2D eigenvalue weighted by molar-refractivity contribution is 7.98. The number of amides is 1. The number of hydrogen-bond acceptors (Lipinski definition) is 7.